The number of nitrogens with two attached hydrogens (primary N) is 1. The van der Waals surface area contributed by atoms with E-state index in [1.165, 1.54) is 12.1 Å². The largest absolute Gasteiger partial charge is 0.398 e. The first kappa shape index (κ1) is 15.3. The van der Waals surface area contributed by atoms with Crippen LogP contribution >= 0.6 is 11.6 Å². The lowest BCUT2D eigenvalue weighted by molar-refractivity contribution is -0.121. The molecule has 1 amide bonds. The Morgan fingerprint density at radius 2 is 2.00 bits per heavy atom. The summed E-state index contributed by atoms with van der Waals surface area (Å²) in [4.78, 5) is 12.0. The summed E-state index contributed by atoms with van der Waals surface area (Å²) in [6.07, 6.45) is -0.109. The van der Waals surface area contributed by atoms with Gasteiger partial charge >= 0.3 is 0 Å². The van der Waals surface area contributed by atoms with Crippen molar-refractivity contribution in [3.05, 3.63) is 64.4 Å². The van der Waals surface area contributed by atoms with Crippen LogP contribution in [0.15, 0.2) is 42.5 Å². The summed E-state index contributed by atoms with van der Waals surface area (Å²) in [6.45, 7) is 1.83. The highest BCUT2D eigenvalue weighted by Crippen LogP contribution is 2.21. The molecular formula is C16H16ClFN2O. The van der Waals surface area contributed by atoms with Crippen molar-refractivity contribution in [3.8, 4) is 0 Å². The lowest BCUT2D eigenvalue weighted by Gasteiger charge is -2.16. The summed E-state index contributed by atoms with van der Waals surface area (Å²) in [5, 5.41) is 3.04. The van der Waals surface area contributed by atoms with Gasteiger partial charge in [0.2, 0.25) is 5.91 Å². The van der Waals surface area contributed by atoms with E-state index in [-0.39, 0.29) is 29.0 Å². The summed E-state index contributed by atoms with van der Waals surface area (Å²) in [5.41, 5.74) is 7.49. The molecule has 3 nitrogen and oxygen atoms in total. The second kappa shape index (κ2) is 6.59. The van der Waals surface area contributed by atoms with Crippen LogP contribution in [0.5, 0.6) is 0 Å². The van der Waals surface area contributed by atoms with E-state index in [0.29, 0.717) is 5.69 Å². The van der Waals surface area contributed by atoms with Gasteiger partial charge in [0.15, 0.2) is 0 Å². The van der Waals surface area contributed by atoms with Crippen molar-refractivity contribution in [3.63, 3.8) is 0 Å². The fourth-order valence-corrected chi connectivity index (χ4v) is 2.37. The van der Waals surface area contributed by atoms with Gasteiger partial charge in [-0.1, -0.05) is 35.9 Å². The number of anilines is 1. The van der Waals surface area contributed by atoms with E-state index in [1.54, 1.807) is 12.1 Å². The Hall–Kier alpha value is -2.07. The van der Waals surface area contributed by atoms with Gasteiger partial charge in [-0.15, -0.1) is 0 Å². The smallest absolute Gasteiger partial charge is 0.225 e. The van der Waals surface area contributed by atoms with Crippen molar-refractivity contribution in [1.29, 1.82) is 0 Å². The van der Waals surface area contributed by atoms with Gasteiger partial charge in [0.1, 0.15) is 5.82 Å². The molecular weight excluding hydrogens is 291 g/mol. The van der Waals surface area contributed by atoms with E-state index in [2.05, 4.69) is 5.32 Å². The van der Waals surface area contributed by atoms with Crippen LogP contribution in [0, 0.1) is 5.82 Å². The van der Waals surface area contributed by atoms with Crippen molar-refractivity contribution in [2.75, 3.05) is 5.73 Å². The van der Waals surface area contributed by atoms with Crippen molar-refractivity contribution >= 4 is 23.2 Å². The van der Waals surface area contributed by atoms with Crippen LogP contribution < -0.4 is 11.1 Å². The molecule has 0 aromatic heterocycles. The fraction of sp³-hybridized carbons (Fsp3) is 0.188. The number of nitrogen functional groups attached to an aromatic ring is 1. The predicted octanol–water partition coefficient (Wildman–Crippen LogP) is 3.48. The van der Waals surface area contributed by atoms with Crippen LogP contribution in [0.4, 0.5) is 10.1 Å². The second-order valence-corrected chi connectivity index (χ2v) is 5.20. The zero-order chi connectivity index (χ0) is 15.4. The molecule has 0 radical (unpaired) electrons. The van der Waals surface area contributed by atoms with E-state index in [4.69, 9.17) is 17.3 Å². The Kier molecular flexibility index (Phi) is 4.81. The molecule has 21 heavy (non-hydrogen) atoms. The number of para-hydroxylation sites is 1. The third-order valence-electron chi connectivity index (χ3n) is 3.24. The number of hydrogen-bond donors (Lipinski definition) is 2. The van der Waals surface area contributed by atoms with Crippen molar-refractivity contribution in [1.82, 2.24) is 5.32 Å². The van der Waals surface area contributed by atoms with Crippen LogP contribution in [0.2, 0.25) is 5.02 Å². The molecule has 0 bridgehead atoms. The number of carbonyl (C=O) groups excluding carboxylic acids is 1. The summed E-state index contributed by atoms with van der Waals surface area (Å²) >= 11 is 5.91. The quantitative estimate of drug-likeness (QED) is 0.850. The number of halogens is 2. The summed E-state index contributed by atoms with van der Waals surface area (Å²) in [7, 11) is 0. The molecule has 0 aliphatic rings. The van der Waals surface area contributed by atoms with Gasteiger partial charge in [0, 0.05) is 16.3 Å². The highest BCUT2D eigenvalue weighted by atomic mass is 35.5. The first-order chi connectivity index (χ1) is 9.99. The van der Waals surface area contributed by atoms with Crippen molar-refractivity contribution in [2.45, 2.75) is 19.4 Å². The molecule has 5 heteroatoms. The molecule has 110 valence electrons. The van der Waals surface area contributed by atoms with Crippen LogP contribution in [0.3, 0.4) is 0 Å². The predicted molar refractivity (Wildman–Crippen MR) is 82.5 cm³/mol. The Labute approximate surface area is 127 Å². The lowest BCUT2D eigenvalue weighted by atomic mass is 10.1. The molecule has 0 saturated carbocycles. The van der Waals surface area contributed by atoms with Crippen LogP contribution in [-0.4, -0.2) is 5.91 Å². The van der Waals surface area contributed by atoms with Crippen LogP contribution in [0.1, 0.15) is 24.1 Å². The maximum atomic E-state index is 13.7. The molecule has 0 saturated heterocycles. The average molecular weight is 307 g/mol. The van der Waals surface area contributed by atoms with E-state index in [1.807, 2.05) is 25.1 Å². The minimum atomic E-state index is -0.482. The Balaban J connectivity index is 2.07. The Morgan fingerprint density at radius 3 is 2.67 bits per heavy atom. The zero-order valence-corrected chi connectivity index (χ0v) is 12.3. The number of amides is 1. The first-order valence-corrected chi connectivity index (χ1v) is 6.93. The molecule has 3 N–H and O–H groups in total. The molecule has 0 heterocycles. The van der Waals surface area contributed by atoms with Gasteiger partial charge in [-0.3, -0.25) is 4.79 Å². The van der Waals surface area contributed by atoms with Gasteiger partial charge in [0.05, 0.1) is 12.5 Å². The normalized spacial score (nSPS) is 12.0. The number of rotatable bonds is 4. The second-order valence-electron chi connectivity index (χ2n) is 4.80. The van der Waals surface area contributed by atoms with Crippen LogP contribution in [-0.2, 0) is 11.2 Å². The Morgan fingerprint density at radius 1 is 1.29 bits per heavy atom. The van der Waals surface area contributed by atoms with Crippen LogP contribution in [0.25, 0.3) is 0 Å². The standard InChI is InChI=1S/C16H16ClFN2O/c1-10(11-5-2-3-8-15(11)19)20-16(21)9-12-13(17)6-4-7-14(12)18/h2-8,10H,9,19H2,1H3,(H,20,21). The summed E-state index contributed by atoms with van der Waals surface area (Å²) < 4.78 is 13.7. The summed E-state index contributed by atoms with van der Waals surface area (Å²) in [6, 6.07) is 11.4. The van der Waals surface area contributed by atoms with Gasteiger partial charge in [-0.2, -0.15) is 0 Å². The fourth-order valence-electron chi connectivity index (χ4n) is 2.14. The van der Waals surface area contributed by atoms with Gasteiger partial charge in [-0.25, -0.2) is 4.39 Å². The minimum absolute atomic E-state index is 0.109. The zero-order valence-electron chi connectivity index (χ0n) is 11.6. The third-order valence-corrected chi connectivity index (χ3v) is 3.59. The van der Waals surface area contributed by atoms with E-state index in [0.717, 1.165) is 5.56 Å². The molecule has 2 aromatic carbocycles. The highest BCUT2D eigenvalue weighted by molar-refractivity contribution is 6.31. The number of benzene rings is 2. The van der Waals surface area contributed by atoms with Gasteiger partial charge < -0.3 is 11.1 Å². The molecule has 0 aliphatic carbocycles. The number of nitrogens with one attached hydrogen (secondary N) is 1. The molecule has 1 unspecified atom stereocenters. The third kappa shape index (κ3) is 3.73. The average Bonchev–Trinajstić information content (AvgIpc) is 2.43. The minimum Gasteiger partial charge on any atom is -0.398 e. The lowest BCUT2D eigenvalue weighted by Crippen LogP contribution is -2.29. The van der Waals surface area contributed by atoms with Gasteiger partial charge in [-0.05, 0) is 30.7 Å². The molecule has 1 atom stereocenters. The highest BCUT2D eigenvalue weighted by Gasteiger charge is 2.15. The van der Waals surface area contributed by atoms with E-state index >= 15 is 0 Å². The molecule has 2 aromatic rings. The van der Waals surface area contributed by atoms with E-state index < -0.39 is 5.82 Å². The maximum absolute atomic E-state index is 13.7. The SMILES string of the molecule is CC(NC(=O)Cc1c(F)cccc1Cl)c1ccccc1N. The van der Waals surface area contributed by atoms with Crippen molar-refractivity contribution < 1.29 is 9.18 Å². The topological polar surface area (TPSA) is 55.1 Å². The number of hydrogen-bond acceptors (Lipinski definition) is 2. The first-order valence-electron chi connectivity index (χ1n) is 6.55. The summed E-state index contributed by atoms with van der Waals surface area (Å²) in [5.74, 6) is -0.790. The molecule has 2 rings (SSSR count). The molecule has 0 spiro atoms. The van der Waals surface area contributed by atoms with Crippen molar-refractivity contribution in [2.24, 2.45) is 0 Å². The molecule has 0 aliphatic heterocycles. The maximum Gasteiger partial charge on any atom is 0.225 e. The Bertz CT molecular complexity index is 640. The molecule has 0 fully saturated rings. The number of carbonyl (C=O) groups is 1. The van der Waals surface area contributed by atoms with E-state index in [9.17, 15) is 9.18 Å². The monoisotopic (exact) mass is 306 g/mol. The van der Waals surface area contributed by atoms with Gasteiger partial charge in [0.25, 0.3) is 0 Å².